The molecule has 0 aliphatic carbocycles. The van der Waals surface area contributed by atoms with Gasteiger partial charge in [-0.15, -0.1) is 0 Å². The number of methoxy groups -OCH3 is 1. The molecule has 2 heterocycles. The van der Waals surface area contributed by atoms with Crippen molar-refractivity contribution in [3.63, 3.8) is 0 Å². The Kier molecular flexibility index (Phi) is 5.49. The second-order valence-corrected chi connectivity index (χ2v) is 8.30. The Hall–Kier alpha value is -1.67. The molecule has 0 saturated carbocycles. The second kappa shape index (κ2) is 7.39. The van der Waals surface area contributed by atoms with Gasteiger partial charge in [0.05, 0.1) is 6.04 Å². The van der Waals surface area contributed by atoms with Gasteiger partial charge in [0.1, 0.15) is 23.9 Å². The van der Waals surface area contributed by atoms with Gasteiger partial charge in [-0.3, -0.25) is 0 Å². The summed E-state index contributed by atoms with van der Waals surface area (Å²) in [6.45, 7) is 9.18. The van der Waals surface area contributed by atoms with Crippen LogP contribution >= 0.6 is 0 Å². The van der Waals surface area contributed by atoms with E-state index >= 15 is 0 Å². The Labute approximate surface area is 160 Å². The van der Waals surface area contributed by atoms with E-state index in [1.807, 2.05) is 65.0 Å². The standard InChI is InChI=1S/C20H29NO6/c1-19(2,3)27-18(22)21-13(12-10-8-7-9-11-12)14-15-16(17(23-6)24-14)26-20(4,5)25-15/h7-11,13-17H,1-6H3,(H,21,22)/t13?,14-,15-,16-,17?/m1/s1. The lowest BCUT2D eigenvalue weighted by atomic mass is 9.97. The maximum absolute atomic E-state index is 12.5. The van der Waals surface area contributed by atoms with E-state index in [-0.39, 0.29) is 12.2 Å². The van der Waals surface area contributed by atoms with Gasteiger partial charge in [-0.2, -0.15) is 0 Å². The molecule has 1 amide bonds. The number of amides is 1. The third-order valence-corrected chi connectivity index (χ3v) is 4.44. The fourth-order valence-corrected chi connectivity index (χ4v) is 3.50. The molecule has 1 N–H and O–H groups in total. The van der Waals surface area contributed by atoms with Gasteiger partial charge >= 0.3 is 6.09 Å². The normalized spacial score (nSPS) is 30.6. The molecule has 27 heavy (non-hydrogen) atoms. The summed E-state index contributed by atoms with van der Waals surface area (Å²) in [6, 6.07) is 9.13. The number of rotatable bonds is 4. The zero-order valence-electron chi connectivity index (χ0n) is 16.7. The van der Waals surface area contributed by atoms with E-state index in [1.54, 1.807) is 7.11 Å². The first-order valence-corrected chi connectivity index (χ1v) is 9.18. The summed E-state index contributed by atoms with van der Waals surface area (Å²) in [4.78, 5) is 12.5. The van der Waals surface area contributed by atoms with E-state index in [2.05, 4.69) is 5.32 Å². The van der Waals surface area contributed by atoms with Crippen LogP contribution in [0.1, 0.15) is 46.2 Å². The molecule has 3 rings (SSSR count). The van der Waals surface area contributed by atoms with Gasteiger partial charge in [-0.1, -0.05) is 30.3 Å². The molecule has 2 saturated heterocycles. The lowest BCUT2D eigenvalue weighted by molar-refractivity contribution is -0.230. The number of hydrogen-bond acceptors (Lipinski definition) is 6. The van der Waals surface area contributed by atoms with Crippen LogP contribution in [0.5, 0.6) is 0 Å². The van der Waals surface area contributed by atoms with Crippen molar-refractivity contribution in [3.05, 3.63) is 35.9 Å². The minimum absolute atomic E-state index is 0.373. The number of carbonyl (C=O) groups excluding carboxylic acids is 1. The number of ether oxygens (including phenoxy) is 5. The largest absolute Gasteiger partial charge is 0.444 e. The predicted molar refractivity (Wildman–Crippen MR) is 98.0 cm³/mol. The van der Waals surface area contributed by atoms with Crippen molar-refractivity contribution in [2.75, 3.05) is 7.11 Å². The Balaban J connectivity index is 1.87. The fourth-order valence-electron chi connectivity index (χ4n) is 3.50. The van der Waals surface area contributed by atoms with Crippen LogP contribution in [0.15, 0.2) is 30.3 Å². The molecular formula is C20H29NO6. The summed E-state index contributed by atoms with van der Waals surface area (Å²) in [6.07, 6.45) is -2.34. The van der Waals surface area contributed by atoms with Gasteiger partial charge in [-0.25, -0.2) is 4.79 Å². The van der Waals surface area contributed by atoms with Gasteiger partial charge < -0.3 is 29.0 Å². The van der Waals surface area contributed by atoms with Gasteiger partial charge in [0.25, 0.3) is 0 Å². The summed E-state index contributed by atoms with van der Waals surface area (Å²) < 4.78 is 29.0. The van der Waals surface area contributed by atoms with E-state index < -0.39 is 35.9 Å². The smallest absolute Gasteiger partial charge is 0.408 e. The van der Waals surface area contributed by atoms with Crippen molar-refractivity contribution in [2.45, 2.75) is 76.7 Å². The van der Waals surface area contributed by atoms with Crippen molar-refractivity contribution in [1.29, 1.82) is 0 Å². The highest BCUT2D eigenvalue weighted by atomic mass is 16.8. The van der Waals surface area contributed by atoms with Crippen molar-refractivity contribution in [3.8, 4) is 0 Å². The molecule has 2 aliphatic rings. The average molecular weight is 379 g/mol. The molecule has 2 fully saturated rings. The highest BCUT2D eigenvalue weighted by Crippen LogP contribution is 2.42. The minimum Gasteiger partial charge on any atom is -0.444 e. The monoisotopic (exact) mass is 379 g/mol. The molecular weight excluding hydrogens is 350 g/mol. The van der Waals surface area contributed by atoms with E-state index in [1.165, 1.54) is 0 Å². The molecule has 7 nitrogen and oxygen atoms in total. The van der Waals surface area contributed by atoms with Crippen molar-refractivity contribution in [1.82, 2.24) is 5.32 Å². The topological polar surface area (TPSA) is 75.3 Å². The van der Waals surface area contributed by atoms with E-state index in [4.69, 9.17) is 23.7 Å². The fraction of sp³-hybridized carbons (Fsp3) is 0.650. The first-order valence-electron chi connectivity index (χ1n) is 9.18. The van der Waals surface area contributed by atoms with Crippen molar-refractivity contribution < 1.29 is 28.5 Å². The van der Waals surface area contributed by atoms with Crippen LogP contribution in [0.2, 0.25) is 0 Å². The van der Waals surface area contributed by atoms with Crippen LogP contribution in [0, 0.1) is 0 Å². The van der Waals surface area contributed by atoms with Gasteiger partial charge in [0.15, 0.2) is 12.1 Å². The number of hydrogen-bond donors (Lipinski definition) is 1. The Morgan fingerprint density at radius 3 is 2.37 bits per heavy atom. The minimum atomic E-state index is -0.749. The SMILES string of the molecule is COC1O[C@H](C(NC(=O)OC(C)(C)C)c2ccccc2)[C@H]2OC(C)(C)O[C@@H]12. The predicted octanol–water partition coefficient (Wildman–Crippen LogP) is 3.14. The zero-order valence-corrected chi connectivity index (χ0v) is 16.7. The number of benzene rings is 1. The molecule has 0 spiro atoms. The summed E-state index contributed by atoms with van der Waals surface area (Å²) in [7, 11) is 1.57. The van der Waals surface area contributed by atoms with Crippen LogP contribution < -0.4 is 5.32 Å². The third-order valence-electron chi connectivity index (χ3n) is 4.44. The average Bonchev–Trinajstić information content (AvgIpc) is 3.04. The number of fused-ring (bicyclic) bond motifs is 1. The second-order valence-electron chi connectivity index (χ2n) is 8.30. The summed E-state index contributed by atoms with van der Waals surface area (Å²) >= 11 is 0. The number of carbonyl (C=O) groups is 1. The highest BCUT2D eigenvalue weighted by molar-refractivity contribution is 5.68. The maximum atomic E-state index is 12.5. The third kappa shape index (κ3) is 4.60. The molecule has 2 aliphatic heterocycles. The van der Waals surface area contributed by atoms with Crippen LogP contribution in [-0.4, -0.2) is 49.2 Å². The number of nitrogens with one attached hydrogen (secondary N) is 1. The zero-order chi connectivity index (χ0) is 19.8. The van der Waals surface area contributed by atoms with Crippen molar-refractivity contribution >= 4 is 6.09 Å². The molecule has 2 unspecified atom stereocenters. The van der Waals surface area contributed by atoms with Crippen LogP contribution in [0.25, 0.3) is 0 Å². The van der Waals surface area contributed by atoms with Crippen LogP contribution in [-0.2, 0) is 23.7 Å². The molecule has 1 aromatic rings. The van der Waals surface area contributed by atoms with Crippen LogP contribution in [0.4, 0.5) is 4.79 Å². The van der Waals surface area contributed by atoms with Crippen molar-refractivity contribution in [2.24, 2.45) is 0 Å². The number of alkyl carbamates (subject to hydrolysis) is 1. The Bertz CT molecular complexity index is 656. The lowest BCUT2D eigenvalue weighted by Gasteiger charge is -2.30. The quantitative estimate of drug-likeness (QED) is 0.866. The summed E-state index contributed by atoms with van der Waals surface area (Å²) in [5, 5.41) is 2.94. The van der Waals surface area contributed by atoms with E-state index in [9.17, 15) is 4.79 Å². The molecule has 0 aromatic heterocycles. The Morgan fingerprint density at radius 2 is 1.78 bits per heavy atom. The summed E-state index contributed by atoms with van der Waals surface area (Å²) in [5.74, 6) is -0.749. The van der Waals surface area contributed by atoms with E-state index in [0.29, 0.717) is 0 Å². The molecule has 1 aromatic carbocycles. The molecule has 150 valence electrons. The Morgan fingerprint density at radius 1 is 1.15 bits per heavy atom. The van der Waals surface area contributed by atoms with Gasteiger partial charge in [0, 0.05) is 7.11 Å². The van der Waals surface area contributed by atoms with E-state index in [0.717, 1.165) is 5.56 Å². The molecule has 7 heteroatoms. The van der Waals surface area contributed by atoms with Gasteiger partial charge in [0.2, 0.25) is 0 Å². The first-order chi connectivity index (χ1) is 12.6. The highest BCUT2D eigenvalue weighted by Gasteiger charge is 2.58. The molecule has 0 radical (unpaired) electrons. The molecule has 0 bridgehead atoms. The summed E-state index contributed by atoms with van der Waals surface area (Å²) in [5.41, 5.74) is 0.284. The molecule has 5 atom stereocenters. The maximum Gasteiger partial charge on any atom is 0.408 e. The first kappa shape index (κ1) is 20.1. The lowest BCUT2D eigenvalue weighted by Crippen LogP contribution is -2.44. The van der Waals surface area contributed by atoms with Crippen LogP contribution in [0.3, 0.4) is 0 Å². The van der Waals surface area contributed by atoms with Gasteiger partial charge in [-0.05, 0) is 40.2 Å².